The monoisotopic (exact) mass is 390 g/mol. The Balaban J connectivity index is 1.49. The zero-order valence-corrected chi connectivity index (χ0v) is 15.7. The molecule has 2 aromatic heterocycles. The molecule has 29 heavy (non-hydrogen) atoms. The number of fused-ring (bicyclic) bond motifs is 1. The summed E-state index contributed by atoms with van der Waals surface area (Å²) in [5, 5.41) is 16.1. The molecule has 3 aromatic rings. The molecule has 3 heterocycles. The topological polar surface area (TPSA) is 105 Å². The molecule has 0 N–H and O–H groups in total. The summed E-state index contributed by atoms with van der Waals surface area (Å²) in [4.78, 5) is 22.5. The van der Waals surface area contributed by atoms with Crippen LogP contribution < -0.4 is 9.68 Å². The summed E-state index contributed by atoms with van der Waals surface area (Å²) in [6.07, 6.45) is 9.75. The highest BCUT2D eigenvalue weighted by atomic mass is 16.7. The lowest BCUT2D eigenvalue weighted by atomic mass is 10.3. The first-order chi connectivity index (χ1) is 14.3. The third-order valence-corrected chi connectivity index (χ3v) is 3.94. The third-order valence-electron chi connectivity index (χ3n) is 3.94. The molecule has 0 amide bonds. The van der Waals surface area contributed by atoms with Gasteiger partial charge < -0.3 is 9.68 Å². The van der Waals surface area contributed by atoms with Crippen molar-refractivity contribution in [2.75, 3.05) is 0 Å². The van der Waals surface area contributed by atoms with Crippen molar-refractivity contribution in [1.82, 2.24) is 30.3 Å². The van der Waals surface area contributed by atoms with Crippen molar-refractivity contribution in [3.05, 3.63) is 60.3 Å². The van der Waals surface area contributed by atoms with E-state index in [1.807, 2.05) is 43.3 Å². The molecule has 1 aliphatic rings. The summed E-state index contributed by atoms with van der Waals surface area (Å²) in [6, 6.07) is 7.48. The molecule has 0 spiro atoms. The first kappa shape index (κ1) is 18.3. The zero-order chi connectivity index (χ0) is 20.1. The van der Waals surface area contributed by atoms with E-state index in [9.17, 15) is 0 Å². The van der Waals surface area contributed by atoms with Crippen LogP contribution in [0, 0.1) is 0 Å². The molecular weight excluding hydrogens is 372 g/mol. The van der Waals surface area contributed by atoms with E-state index in [0.717, 1.165) is 17.5 Å². The van der Waals surface area contributed by atoms with Crippen LogP contribution >= 0.6 is 0 Å². The first-order valence-corrected chi connectivity index (χ1v) is 8.99. The van der Waals surface area contributed by atoms with Gasteiger partial charge in [-0.3, -0.25) is 0 Å². The average Bonchev–Trinajstić information content (AvgIpc) is 3.25. The van der Waals surface area contributed by atoms with Crippen molar-refractivity contribution in [3.8, 4) is 0 Å². The minimum absolute atomic E-state index is 0.308. The van der Waals surface area contributed by atoms with Gasteiger partial charge in [0, 0.05) is 0 Å². The highest BCUT2D eigenvalue weighted by Crippen LogP contribution is 2.12. The summed E-state index contributed by atoms with van der Waals surface area (Å²) in [6.45, 7) is 5.78. The lowest BCUT2D eigenvalue weighted by molar-refractivity contribution is 0.137. The van der Waals surface area contributed by atoms with E-state index in [2.05, 4.69) is 37.2 Å². The van der Waals surface area contributed by atoms with Crippen molar-refractivity contribution >= 4 is 35.4 Å². The number of para-hydroxylation sites is 1. The Morgan fingerprint density at radius 2 is 2.00 bits per heavy atom. The van der Waals surface area contributed by atoms with Crippen LogP contribution in [0.2, 0.25) is 0 Å². The SMILES string of the molecule is C=Cc1nnn(OC2=CCC(On3nnc4ccccc43)=NC=N2)c1/C=C\CC. The predicted molar refractivity (Wildman–Crippen MR) is 109 cm³/mol. The predicted octanol–water partition coefficient (Wildman–Crippen LogP) is 2.32. The number of aromatic nitrogens is 6. The molecular formula is C19H18N8O2. The van der Waals surface area contributed by atoms with E-state index in [-0.39, 0.29) is 0 Å². The Bertz CT molecular complexity index is 1150. The Morgan fingerprint density at radius 1 is 1.14 bits per heavy atom. The van der Waals surface area contributed by atoms with Crippen molar-refractivity contribution in [1.29, 1.82) is 0 Å². The third kappa shape index (κ3) is 3.95. The van der Waals surface area contributed by atoms with Gasteiger partial charge in [0.05, 0.1) is 6.42 Å². The molecule has 0 saturated carbocycles. The fraction of sp³-hybridized carbons (Fsp3) is 0.158. The van der Waals surface area contributed by atoms with Gasteiger partial charge in [-0.1, -0.05) is 41.4 Å². The van der Waals surface area contributed by atoms with E-state index >= 15 is 0 Å². The molecule has 0 unspecified atom stereocenters. The maximum absolute atomic E-state index is 5.74. The highest BCUT2D eigenvalue weighted by Gasteiger charge is 2.13. The van der Waals surface area contributed by atoms with Crippen LogP contribution in [0.15, 0.2) is 58.9 Å². The van der Waals surface area contributed by atoms with E-state index < -0.39 is 0 Å². The van der Waals surface area contributed by atoms with Gasteiger partial charge in [-0.15, -0.1) is 10.2 Å². The second kappa shape index (κ2) is 8.30. The molecule has 1 aliphatic heterocycles. The second-order valence-corrected chi connectivity index (χ2v) is 5.90. The fourth-order valence-corrected chi connectivity index (χ4v) is 2.53. The molecule has 10 nitrogen and oxygen atoms in total. The smallest absolute Gasteiger partial charge is 0.246 e. The van der Waals surface area contributed by atoms with Crippen molar-refractivity contribution in [2.24, 2.45) is 9.98 Å². The van der Waals surface area contributed by atoms with Crippen LogP contribution in [0.5, 0.6) is 0 Å². The van der Waals surface area contributed by atoms with Crippen LogP contribution in [0.1, 0.15) is 31.2 Å². The molecule has 0 saturated heterocycles. The quantitative estimate of drug-likeness (QED) is 0.640. The van der Waals surface area contributed by atoms with Gasteiger partial charge in [0.2, 0.25) is 11.8 Å². The van der Waals surface area contributed by atoms with E-state index in [1.54, 1.807) is 12.2 Å². The molecule has 0 radical (unpaired) electrons. The minimum Gasteiger partial charge on any atom is -0.340 e. The average molecular weight is 390 g/mol. The number of hydrogen-bond acceptors (Lipinski definition) is 8. The molecule has 4 rings (SSSR count). The van der Waals surface area contributed by atoms with Crippen LogP contribution in [-0.4, -0.2) is 42.6 Å². The van der Waals surface area contributed by atoms with E-state index in [1.165, 1.54) is 16.0 Å². The van der Waals surface area contributed by atoms with Crippen molar-refractivity contribution in [2.45, 2.75) is 19.8 Å². The number of benzene rings is 1. The van der Waals surface area contributed by atoms with Gasteiger partial charge >= 0.3 is 0 Å². The van der Waals surface area contributed by atoms with Crippen LogP contribution in [-0.2, 0) is 0 Å². The number of nitrogens with zero attached hydrogens (tertiary/aromatic N) is 8. The summed E-state index contributed by atoms with van der Waals surface area (Å²) < 4.78 is 0. The normalized spacial score (nSPS) is 14.0. The summed E-state index contributed by atoms with van der Waals surface area (Å²) in [5.74, 6) is 0.696. The first-order valence-electron chi connectivity index (χ1n) is 8.99. The minimum atomic E-state index is 0.308. The van der Waals surface area contributed by atoms with Gasteiger partial charge in [0.15, 0.2) is 0 Å². The Kier molecular flexibility index (Phi) is 5.23. The second-order valence-electron chi connectivity index (χ2n) is 5.90. The number of aliphatic imine (C=N–C) groups is 2. The van der Waals surface area contributed by atoms with Gasteiger partial charge in [0.25, 0.3) is 0 Å². The molecule has 10 heteroatoms. The Labute approximate surface area is 166 Å². The van der Waals surface area contributed by atoms with Gasteiger partial charge in [-0.25, -0.2) is 4.99 Å². The molecule has 0 aliphatic carbocycles. The van der Waals surface area contributed by atoms with Gasteiger partial charge in [-0.05, 0) is 47.2 Å². The standard InChI is InChI=1S/C19H18N8O2/c1-3-5-9-16-14(4-2)22-24-26(16)28-18-11-12-19(21-13-20-18)29-27-17-10-7-6-8-15(17)23-25-27/h4-11,13H,2-3,12H2,1H3/b9-5-. The molecule has 0 atom stereocenters. The molecule has 146 valence electrons. The molecule has 0 fully saturated rings. The van der Waals surface area contributed by atoms with Gasteiger partial charge in [-0.2, -0.15) is 4.99 Å². The lowest BCUT2D eigenvalue weighted by Gasteiger charge is -2.06. The number of hydrogen-bond donors (Lipinski definition) is 0. The largest absolute Gasteiger partial charge is 0.340 e. The van der Waals surface area contributed by atoms with Crippen LogP contribution in [0.3, 0.4) is 0 Å². The number of rotatable bonds is 6. The summed E-state index contributed by atoms with van der Waals surface area (Å²) in [5.41, 5.74) is 2.76. The van der Waals surface area contributed by atoms with Crippen molar-refractivity contribution in [3.63, 3.8) is 0 Å². The van der Waals surface area contributed by atoms with Crippen LogP contribution in [0.4, 0.5) is 0 Å². The highest BCUT2D eigenvalue weighted by molar-refractivity contribution is 5.87. The maximum Gasteiger partial charge on any atom is 0.246 e. The summed E-state index contributed by atoms with van der Waals surface area (Å²) >= 11 is 0. The molecule has 0 bridgehead atoms. The Morgan fingerprint density at radius 3 is 2.86 bits per heavy atom. The van der Waals surface area contributed by atoms with E-state index in [0.29, 0.717) is 29.6 Å². The summed E-state index contributed by atoms with van der Waals surface area (Å²) in [7, 11) is 0. The number of allylic oxidation sites excluding steroid dienone is 1. The molecule has 1 aromatic carbocycles. The van der Waals surface area contributed by atoms with Crippen LogP contribution in [0.25, 0.3) is 23.2 Å². The van der Waals surface area contributed by atoms with Crippen molar-refractivity contribution < 1.29 is 9.68 Å². The zero-order valence-electron chi connectivity index (χ0n) is 15.7. The Hall–Kier alpha value is -4.08. The fourth-order valence-electron chi connectivity index (χ4n) is 2.53. The van der Waals surface area contributed by atoms with Gasteiger partial charge in [0.1, 0.15) is 28.8 Å². The maximum atomic E-state index is 5.74. The lowest BCUT2D eigenvalue weighted by Crippen LogP contribution is -2.20. The van der Waals surface area contributed by atoms with E-state index in [4.69, 9.17) is 9.68 Å².